The Hall–Kier alpha value is -2.38. The number of rotatable bonds is 7. The van der Waals surface area contributed by atoms with E-state index < -0.39 is 10.0 Å². The van der Waals surface area contributed by atoms with E-state index in [4.69, 9.17) is 5.11 Å². The Labute approximate surface area is 173 Å². The van der Waals surface area contributed by atoms with Gasteiger partial charge in [-0.3, -0.25) is 9.52 Å². The summed E-state index contributed by atoms with van der Waals surface area (Å²) in [5.74, 6) is -0.256. The first kappa shape index (κ1) is 22.9. The first-order chi connectivity index (χ1) is 13.5. The number of likely N-dealkylation sites (N-methyl/N-ethyl adjacent to an activating group) is 1. The zero-order valence-corrected chi connectivity index (χ0v) is 18.5. The van der Waals surface area contributed by atoms with Gasteiger partial charge in [-0.15, -0.1) is 0 Å². The molecule has 29 heavy (non-hydrogen) atoms. The van der Waals surface area contributed by atoms with Crippen LogP contribution in [0.25, 0.3) is 0 Å². The van der Waals surface area contributed by atoms with Crippen LogP contribution in [-0.2, 0) is 15.4 Å². The summed E-state index contributed by atoms with van der Waals surface area (Å²) in [5.41, 5.74) is 2.07. The third-order valence-electron chi connectivity index (χ3n) is 4.74. The summed E-state index contributed by atoms with van der Waals surface area (Å²) in [5, 5.41) is 9.12. The molecule has 6 nitrogen and oxygen atoms in total. The minimum absolute atomic E-state index is 0.130. The van der Waals surface area contributed by atoms with E-state index in [1.54, 1.807) is 31.2 Å². The number of amides is 1. The zero-order valence-electron chi connectivity index (χ0n) is 17.7. The fraction of sp³-hybridized carbons (Fsp3) is 0.409. The van der Waals surface area contributed by atoms with Crippen LogP contribution >= 0.6 is 0 Å². The molecule has 158 valence electrons. The lowest BCUT2D eigenvalue weighted by Gasteiger charge is -2.21. The average Bonchev–Trinajstić information content (AvgIpc) is 2.64. The van der Waals surface area contributed by atoms with Crippen LogP contribution in [0.3, 0.4) is 0 Å². The molecule has 1 amide bonds. The molecule has 0 aliphatic carbocycles. The molecular weight excluding hydrogens is 388 g/mol. The summed E-state index contributed by atoms with van der Waals surface area (Å²) in [4.78, 5) is 14.3. The largest absolute Gasteiger partial charge is 0.395 e. The number of nitrogens with one attached hydrogen (secondary N) is 1. The fourth-order valence-electron chi connectivity index (χ4n) is 2.99. The maximum absolute atomic E-state index is 13.0. The van der Waals surface area contributed by atoms with Crippen LogP contribution in [0.2, 0.25) is 0 Å². The van der Waals surface area contributed by atoms with Crippen LogP contribution in [0.5, 0.6) is 0 Å². The zero-order chi connectivity index (χ0) is 21.8. The molecule has 2 N–H and O–H groups in total. The van der Waals surface area contributed by atoms with Gasteiger partial charge in [0, 0.05) is 24.3 Å². The van der Waals surface area contributed by atoms with E-state index in [0.29, 0.717) is 23.4 Å². The van der Waals surface area contributed by atoms with Crippen LogP contribution in [0.4, 0.5) is 5.69 Å². The van der Waals surface area contributed by atoms with E-state index >= 15 is 0 Å². The third-order valence-corrected chi connectivity index (χ3v) is 6.27. The average molecular weight is 419 g/mol. The Balaban J connectivity index is 2.36. The highest BCUT2D eigenvalue weighted by Crippen LogP contribution is 2.28. The number of aliphatic hydroxyl groups excluding tert-OH is 1. The molecule has 0 unspecified atom stereocenters. The van der Waals surface area contributed by atoms with E-state index in [-0.39, 0.29) is 29.4 Å². The molecule has 0 saturated carbocycles. The molecule has 2 aromatic rings. The van der Waals surface area contributed by atoms with Crippen LogP contribution in [0, 0.1) is 6.92 Å². The lowest BCUT2D eigenvalue weighted by molar-refractivity contribution is 0.0732. The van der Waals surface area contributed by atoms with Gasteiger partial charge in [-0.1, -0.05) is 39.0 Å². The SMILES string of the molecule is CCN(CCO)C(=O)c1cccc(NS(=O)(=O)c2cc(C(C)(C)C)ccc2C)c1. The van der Waals surface area contributed by atoms with Crippen molar-refractivity contribution in [2.45, 2.75) is 44.9 Å². The molecular formula is C22H30N2O4S. The Kier molecular flexibility index (Phi) is 7.08. The minimum atomic E-state index is -3.82. The number of sulfonamides is 1. The highest BCUT2D eigenvalue weighted by Gasteiger charge is 2.22. The Bertz CT molecular complexity index is 979. The molecule has 0 saturated heterocycles. The van der Waals surface area contributed by atoms with Crippen molar-refractivity contribution in [3.8, 4) is 0 Å². The van der Waals surface area contributed by atoms with Crippen molar-refractivity contribution in [3.63, 3.8) is 0 Å². The summed E-state index contributed by atoms with van der Waals surface area (Å²) in [7, 11) is -3.82. The second-order valence-electron chi connectivity index (χ2n) is 8.03. The number of carbonyl (C=O) groups excluding carboxylic acids is 1. The van der Waals surface area contributed by atoms with Crippen LogP contribution in [-0.4, -0.2) is 44.0 Å². The number of nitrogens with zero attached hydrogens (tertiary/aromatic N) is 1. The summed E-state index contributed by atoms with van der Waals surface area (Å²) in [6.45, 7) is 10.2. The van der Waals surface area contributed by atoms with Gasteiger partial charge in [-0.2, -0.15) is 0 Å². The minimum Gasteiger partial charge on any atom is -0.395 e. The molecule has 0 heterocycles. The van der Waals surface area contributed by atoms with Crippen molar-refractivity contribution in [1.29, 1.82) is 0 Å². The van der Waals surface area contributed by atoms with Crippen LogP contribution in [0.15, 0.2) is 47.4 Å². The highest BCUT2D eigenvalue weighted by atomic mass is 32.2. The van der Waals surface area contributed by atoms with Gasteiger partial charge < -0.3 is 10.0 Å². The number of aliphatic hydroxyl groups is 1. The molecule has 0 aromatic heterocycles. The first-order valence-electron chi connectivity index (χ1n) is 9.63. The number of benzene rings is 2. The normalized spacial score (nSPS) is 11.9. The van der Waals surface area contributed by atoms with Crippen molar-refractivity contribution >= 4 is 21.6 Å². The molecule has 2 rings (SSSR count). The molecule has 2 aromatic carbocycles. The van der Waals surface area contributed by atoms with Gasteiger partial charge in [0.2, 0.25) is 0 Å². The van der Waals surface area contributed by atoms with Gasteiger partial charge in [0.05, 0.1) is 11.5 Å². The van der Waals surface area contributed by atoms with Crippen molar-refractivity contribution in [2.24, 2.45) is 0 Å². The van der Waals surface area contributed by atoms with Crippen molar-refractivity contribution in [3.05, 3.63) is 59.2 Å². The number of anilines is 1. The Morgan fingerprint density at radius 3 is 2.41 bits per heavy atom. The van der Waals surface area contributed by atoms with Gasteiger partial charge in [0.1, 0.15) is 0 Å². The van der Waals surface area contributed by atoms with Gasteiger partial charge in [0.25, 0.3) is 15.9 Å². The fourth-order valence-corrected chi connectivity index (χ4v) is 4.31. The summed E-state index contributed by atoms with van der Waals surface area (Å²) >= 11 is 0. The van der Waals surface area contributed by atoms with Crippen molar-refractivity contribution < 1.29 is 18.3 Å². The lowest BCUT2D eigenvalue weighted by atomic mass is 9.87. The Morgan fingerprint density at radius 2 is 1.83 bits per heavy atom. The van der Waals surface area contributed by atoms with Gasteiger partial charge in [-0.25, -0.2) is 8.42 Å². The van der Waals surface area contributed by atoms with E-state index in [0.717, 1.165) is 5.56 Å². The van der Waals surface area contributed by atoms with Crippen LogP contribution < -0.4 is 4.72 Å². The van der Waals surface area contributed by atoms with Gasteiger partial charge >= 0.3 is 0 Å². The molecule has 0 fully saturated rings. The molecule has 0 radical (unpaired) electrons. The molecule has 0 spiro atoms. The topological polar surface area (TPSA) is 86.7 Å². The van der Waals surface area contributed by atoms with Crippen molar-refractivity contribution in [2.75, 3.05) is 24.4 Å². The maximum atomic E-state index is 13.0. The predicted octanol–water partition coefficient (Wildman–Crippen LogP) is 3.55. The molecule has 0 atom stereocenters. The number of carbonyl (C=O) groups is 1. The van der Waals surface area contributed by atoms with E-state index in [9.17, 15) is 13.2 Å². The van der Waals surface area contributed by atoms with E-state index in [1.165, 1.54) is 11.0 Å². The highest BCUT2D eigenvalue weighted by molar-refractivity contribution is 7.92. The summed E-state index contributed by atoms with van der Waals surface area (Å²) in [6, 6.07) is 11.8. The summed E-state index contributed by atoms with van der Waals surface area (Å²) < 4.78 is 28.7. The van der Waals surface area contributed by atoms with Gasteiger partial charge in [-0.05, 0) is 54.7 Å². The molecule has 0 bridgehead atoms. The molecule has 7 heteroatoms. The molecule has 0 aliphatic rings. The van der Waals surface area contributed by atoms with Crippen LogP contribution in [0.1, 0.15) is 49.2 Å². The molecule has 0 aliphatic heterocycles. The number of hydrogen-bond acceptors (Lipinski definition) is 4. The lowest BCUT2D eigenvalue weighted by Crippen LogP contribution is -2.33. The number of aryl methyl sites for hydroxylation is 1. The van der Waals surface area contributed by atoms with Crippen molar-refractivity contribution in [1.82, 2.24) is 4.90 Å². The maximum Gasteiger partial charge on any atom is 0.262 e. The second kappa shape index (κ2) is 8.97. The standard InChI is InChI=1S/C22H30N2O4S/c1-6-24(12-13-25)21(26)17-8-7-9-19(14-17)23-29(27,28)20-15-18(22(3,4)5)11-10-16(20)2/h7-11,14-15,23,25H,6,12-13H2,1-5H3. The quantitative estimate of drug-likeness (QED) is 0.720. The number of hydrogen-bond donors (Lipinski definition) is 2. The monoisotopic (exact) mass is 418 g/mol. The second-order valence-corrected chi connectivity index (χ2v) is 9.68. The van der Waals surface area contributed by atoms with Gasteiger partial charge in [0.15, 0.2) is 0 Å². The Morgan fingerprint density at radius 1 is 1.14 bits per heavy atom. The van der Waals surface area contributed by atoms with E-state index in [2.05, 4.69) is 4.72 Å². The smallest absolute Gasteiger partial charge is 0.262 e. The predicted molar refractivity (Wildman–Crippen MR) is 116 cm³/mol. The third kappa shape index (κ3) is 5.58. The summed E-state index contributed by atoms with van der Waals surface area (Å²) in [6.07, 6.45) is 0. The first-order valence-corrected chi connectivity index (χ1v) is 11.1. The van der Waals surface area contributed by atoms with E-state index in [1.807, 2.05) is 39.8 Å².